The van der Waals surface area contributed by atoms with E-state index < -0.39 is 15.6 Å². The van der Waals surface area contributed by atoms with Gasteiger partial charge in [-0.05, 0) is 65.9 Å². The summed E-state index contributed by atoms with van der Waals surface area (Å²) in [5.41, 5.74) is -0.0629. The molecule has 158 valence electrons. The first kappa shape index (κ1) is 22.4. The molecular formula is C19H32N4O4S. The van der Waals surface area contributed by atoms with Crippen molar-refractivity contribution in [2.75, 3.05) is 18.4 Å². The highest BCUT2D eigenvalue weighted by molar-refractivity contribution is 7.89. The molecule has 8 nitrogen and oxygen atoms in total. The molecule has 1 aliphatic heterocycles. The maximum Gasteiger partial charge on any atom is 0.410 e. The Morgan fingerprint density at radius 3 is 2.71 bits per heavy atom. The molecule has 1 aromatic heterocycles. The molecule has 1 saturated heterocycles. The maximum absolute atomic E-state index is 12.5. The summed E-state index contributed by atoms with van der Waals surface area (Å²) in [6.45, 7) is 11.1. The number of primary sulfonamides is 1. The third kappa shape index (κ3) is 6.34. The Bertz CT molecular complexity index is 802. The third-order valence-electron chi connectivity index (χ3n) is 4.72. The Morgan fingerprint density at radius 1 is 1.43 bits per heavy atom. The fraction of sp³-hybridized carbons (Fsp3) is 0.684. The van der Waals surface area contributed by atoms with Gasteiger partial charge in [-0.15, -0.1) is 0 Å². The quantitative estimate of drug-likeness (QED) is 0.694. The van der Waals surface area contributed by atoms with E-state index in [1.165, 1.54) is 12.3 Å². The van der Waals surface area contributed by atoms with E-state index in [4.69, 9.17) is 9.88 Å². The number of nitrogens with two attached hydrogens (primary N) is 1. The van der Waals surface area contributed by atoms with Crippen LogP contribution in [0.25, 0.3) is 0 Å². The molecule has 1 aromatic rings. The van der Waals surface area contributed by atoms with Crippen molar-refractivity contribution in [3.8, 4) is 0 Å². The van der Waals surface area contributed by atoms with E-state index in [1.54, 1.807) is 6.07 Å². The minimum Gasteiger partial charge on any atom is -0.444 e. The normalized spacial score (nSPS) is 19.5. The molecule has 2 rings (SSSR count). The minimum atomic E-state index is -3.81. The van der Waals surface area contributed by atoms with E-state index in [-0.39, 0.29) is 16.7 Å². The lowest BCUT2D eigenvalue weighted by molar-refractivity contribution is 0.0131. The number of rotatable bonds is 6. The van der Waals surface area contributed by atoms with Crippen molar-refractivity contribution in [2.24, 2.45) is 11.1 Å². The largest absolute Gasteiger partial charge is 0.444 e. The van der Waals surface area contributed by atoms with Crippen LogP contribution in [-0.4, -0.2) is 48.6 Å². The summed E-state index contributed by atoms with van der Waals surface area (Å²) in [6, 6.07) is 3.13. The molecule has 0 saturated carbocycles. The lowest BCUT2D eigenvalue weighted by Crippen LogP contribution is -2.45. The first-order chi connectivity index (χ1) is 12.8. The number of aromatic nitrogens is 1. The molecule has 0 aliphatic carbocycles. The van der Waals surface area contributed by atoms with Gasteiger partial charge < -0.3 is 15.0 Å². The number of anilines is 1. The van der Waals surface area contributed by atoms with Crippen LogP contribution in [0, 0.1) is 5.92 Å². The molecule has 0 unspecified atom stereocenters. The highest BCUT2D eigenvalue weighted by atomic mass is 32.2. The number of nitrogens with zero attached hydrogens (tertiary/aromatic N) is 2. The highest BCUT2D eigenvalue weighted by Gasteiger charge is 2.42. The molecule has 3 N–H and O–H groups in total. The van der Waals surface area contributed by atoms with Crippen LogP contribution in [0.4, 0.5) is 10.5 Å². The minimum absolute atomic E-state index is 0.150. The van der Waals surface area contributed by atoms with Crippen molar-refractivity contribution < 1.29 is 17.9 Å². The van der Waals surface area contributed by atoms with Gasteiger partial charge in [0.25, 0.3) is 10.0 Å². The number of sulfonamides is 1. The van der Waals surface area contributed by atoms with Crippen LogP contribution in [0.2, 0.25) is 0 Å². The average molecular weight is 413 g/mol. The topological polar surface area (TPSA) is 115 Å². The van der Waals surface area contributed by atoms with E-state index in [1.807, 2.05) is 25.7 Å². The molecule has 1 amide bonds. The van der Waals surface area contributed by atoms with Crippen LogP contribution in [-0.2, 0) is 14.8 Å². The van der Waals surface area contributed by atoms with Gasteiger partial charge in [0.2, 0.25) is 0 Å². The number of carbonyl (C=O) groups is 1. The first-order valence-electron chi connectivity index (χ1n) is 9.51. The lowest BCUT2D eigenvalue weighted by atomic mass is 9.93. The van der Waals surface area contributed by atoms with E-state index in [0.717, 1.165) is 19.3 Å². The van der Waals surface area contributed by atoms with Crippen molar-refractivity contribution in [3.63, 3.8) is 0 Å². The Balaban J connectivity index is 1.83. The monoisotopic (exact) mass is 412 g/mol. The van der Waals surface area contributed by atoms with Crippen LogP contribution in [0.15, 0.2) is 23.4 Å². The van der Waals surface area contributed by atoms with Crippen LogP contribution in [0.5, 0.6) is 0 Å². The molecular weight excluding hydrogens is 380 g/mol. The van der Waals surface area contributed by atoms with Crippen molar-refractivity contribution in [2.45, 2.75) is 70.0 Å². The van der Waals surface area contributed by atoms with Crippen LogP contribution in [0.1, 0.15) is 53.9 Å². The second-order valence-corrected chi connectivity index (χ2v) is 10.5. The number of nitrogens with one attached hydrogen (secondary N) is 1. The zero-order valence-electron chi connectivity index (χ0n) is 17.4. The zero-order chi connectivity index (χ0) is 21.2. The predicted molar refractivity (Wildman–Crippen MR) is 108 cm³/mol. The van der Waals surface area contributed by atoms with Crippen molar-refractivity contribution in [3.05, 3.63) is 18.3 Å². The Kier molecular flexibility index (Phi) is 6.60. The number of pyridine rings is 1. The predicted octanol–water partition coefficient (Wildman–Crippen LogP) is 2.96. The van der Waals surface area contributed by atoms with Gasteiger partial charge in [0.05, 0.1) is 0 Å². The van der Waals surface area contributed by atoms with Gasteiger partial charge in [0, 0.05) is 36.6 Å². The zero-order valence-corrected chi connectivity index (χ0v) is 18.2. The van der Waals surface area contributed by atoms with E-state index >= 15 is 0 Å². The third-order valence-corrected chi connectivity index (χ3v) is 5.52. The van der Waals surface area contributed by atoms with E-state index in [9.17, 15) is 13.2 Å². The second kappa shape index (κ2) is 8.24. The molecule has 0 spiro atoms. The van der Waals surface area contributed by atoms with Crippen molar-refractivity contribution in [1.82, 2.24) is 9.88 Å². The fourth-order valence-corrected chi connectivity index (χ4v) is 4.02. The van der Waals surface area contributed by atoms with Gasteiger partial charge in [-0.3, -0.25) is 0 Å². The molecule has 0 radical (unpaired) electrons. The van der Waals surface area contributed by atoms with Gasteiger partial charge in [-0.25, -0.2) is 23.3 Å². The lowest BCUT2D eigenvalue weighted by Gasteiger charge is -2.33. The van der Waals surface area contributed by atoms with Gasteiger partial charge in [0.15, 0.2) is 5.03 Å². The number of carbonyl (C=O) groups excluding carboxylic acids is 1. The molecule has 0 aromatic carbocycles. The van der Waals surface area contributed by atoms with Crippen molar-refractivity contribution in [1.29, 1.82) is 0 Å². The van der Waals surface area contributed by atoms with Crippen LogP contribution >= 0.6 is 0 Å². The van der Waals surface area contributed by atoms with Crippen LogP contribution < -0.4 is 10.5 Å². The summed E-state index contributed by atoms with van der Waals surface area (Å²) in [5.74, 6) is 0.404. The number of hydrogen-bond acceptors (Lipinski definition) is 6. The smallest absolute Gasteiger partial charge is 0.410 e. The van der Waals surface area contributed by atoms with Crippen molar-refractivity contribution >= 4 is 21.8 Å². The maximum atomic E-state index is 12.5. The van der Waals surface area contributed by atoms with E-state index in [0.29, 0.717) is 24.7 Å². The summed E-state index contributed by atoms with van der Waals surface area (Å²) in [6.07, 6.45) is 3.95. The SMILES string of the molecule is CC(C)(C)OC(=O)N1C[C@@H](CCCNc2ccnc(S(N)(=O)=O)c2)CC1(C)C. The average Bonchev–Trinajstić information content (AvgIpc) is 2.84. The van der Waals surface area contributed by atoms with Gasteiger partial charge in [-0.2, -0.15) is 0 Å². The van der Waals surface area contributed by atoms with E-state index in [2.05, 4.69) is 24.1 Å². The Hall–Kier alpha value is -1.87. The number of amides is 1. The second-order valence-electron chi connectivity index (χ2n) is 8.97. The molecule has 1 fully saturated rings. The Labute approximate surface area is 167 Å². The standard InChI is InChI=1S/C19H32N4O4S/c1-18(2,3)27-17(24)23-13-14(12-19(23,4)5)7-6-9-21-15-8-10-22-16(11-15)28(20,25)26/h8,10-11,14H,6-7,9,12-13H2,1-5H3,(H,21,22)(H2,20,25,26)/t14-/m0/s1. The molecule has 1 aliphatic rings. The summed E-state index contributed by atoms with van der Waals surface area (Å²) < 4.78 is 28.3. The molecule has 0 bridgehead atoms. The molecule has 9 heteroatoms. The molecule has 28 heavy (non-hydrogen) atoms. The summed E-state index contributed by atoms with van der Waals surface area (Å²) in [4.78, 5) is 18.1. The number of ether oxygens (including phenoxy) is 1. The fourth-order valence-electron chi connectivity index (χ4n) is 3.52. The van der Waals surface area contributed by atoms with Crippen LogP contribution in [0.3, 0.4) is 0 Å². The molecule has 2 heterocycles. The van der Waals surface area contributed by atoms with Gasteiger partial charge >= 0.3 is 6.09 Å². The molecule has 1 atom stereocenters. The first-order valence-corrected chi connectivity index (χ1v) is 11.1. The van der Waals surface area contributed by atoms with Gasteiger partial charge in [-0.1, -0.05) is 0 Å². The summed E-state index contributed by atoms with van der Waals surface area (Å²) >= 11 is 0. The summed E-state index contributed by atoms with van der Waals surface area (Å²) in [7, 11) is -3.81. The highest BCUT2D eigenvalue weighted by Crippen LogP contribution is 2.36. The number of likely N-dealkylation sites (tertiary alicyclic amines) is 1. The summed E-state index contributed by atoms with van der Waals surface area (Å²) in [5, 5.41) is 8.16. The number of hydrogen-bond donors (Lipinski definition) is 2. The Morgan fingerprint density at radius 2 is 2.11 bits per heavy atom. The van der Waals surface area contributed by atoms with Gasteiger partial charge in [0.1, 0.15) is 5.60 Å².